The highest BCUT2D eigenvalue weighted by Crippen LogP contribution is 2.40. The number of phenolic OH excluding ortho intramolecular Hbond substituents is 1. The highest BCUT2D eigenvalue weighted by atomic mass is 35.5. The minimum Gasteiger partial charge on any atom is -0.506 e. The van der Waals surface area contributed by atoms with Crippen molar-refractivity contribution in [3.05, 3.63) is 68.1 Å². The number of aromatic hydroxyl groups is 1. The number of nitrogens with one attached hydrogen (secondary N) is 1. The van der Waals surface area contributed by atoms with E-state index in [4.69, 9.17) is 25.8 Å². The van der Waals surface area contributed by atoms with Gasteiger partial charge in [0.1, 0.15) is 17.1 Å². The lowest BCUT2D eigenvalue weighted by Crippen LogP contribution is -2.58. The number of aryl methyl sites for hydroxylation is 2. The first kappa shape index (κ1) is 42.4. The number of hydrogen-bond donors (Lipinski definition) is 2. The van der Waals surface area contributed by atoms with Crippen LogP contribution >= 0.6 is 22.9 Å². The van der Waals surface area contributed by atoms with Crippen LogP contribution in [0.4, 0.5) is 5.69 Å². The summed E-state index contributed by atoms with van der Waals surface area (Å²) < 4.78 is 18.0. The molecular formula is C44H58ClN5O7S. The van der Waals surface area contributed by atoms with Gasteiger partial charge in [0, 0.05) is 49.2 Å². The number of ether oxygens (including phenoxy) is 3. The van der Waals surface area contributed by atoms with Crippen LogP contribution in [0.25, 0.3) is 0 Å². The smallest absolute Gasteiger partial charge is 0.273 e. The van der Waals surface area contributed by atoms with Crippen molar-refractivity contribution in [1.82, 2.24) is 19.7 Å². The summed E-state index contributed by atoms with van der Waals surface area (Å²) in [5, 5.41) is 16.5. The van der Waals surface area contributed by atoms with Gasteiger partial charge in [0.05, 0.1) is 43.4 Å². The molecule has 1 aromatic heterocycles. The number of carbonyl (C=O) groups excluding carboxylic acids is 3. The molecule has 3 aromatic rings. The summed E-state index contributed by atoms with van der Waals surface area (Å²) in [6, 6.07) is 9.97. The molecule has 0 atom stereocenters. The van der Waals surface area contributed by atoms with Crippen molar-refractivity contribution in [1.29, 1.82) is 0 Å². The van der Waals surface area contributed by atoms with E-state index in [2.05, 4.69) is 45.2 Å². The van der Waals surface area contributed by atoms with Gasteiger partial charge in [-0.1, -0.05) is 62.1 Å². The molecule has 58 heavy (non-hydrogen) atoms. The standard InChI is InChI=1S/C44H58ClN5O7S/c1-2-38-46-35(29-58-38)43(54)49-23-26-57-44(30-49)18-21-48(22-19-44)27-33-11-8-10-31(40(33)45)16-24-55-25-17-39(53)50(34-12-5-6-13-34)20-7-3-4-9-32-14-15-36(51)41-42(32)56-28-37(52)47-41/h8,10-11,14-15,29,34,51H,2-7,9,12-13,16-28,30H2,1H3,(H,47,52). The monoisotopic (exact) mass is 835 g/mol. The lowest BCUT2D eigenvalue weighted by molar-refractivity contribution is -0.134. The van der Waals surface area contributed by atoms with E-state index >= 15 is 0 Å². The van der Waals surface area contributed by atoms with E-state index in [0.29, 0.717) is 68.9 Å². The Morgan fingerprint density at radius 3 is 2.66 bits per heavy atom. The third-order valence-electron chi connectivity index (χ3n) is 12.2. The van der Waals surface area contributed by atoms with Crippen molar-refractivity contribution < 1.29 is 33.7 Å². The van der Waals surface area contributed by atoms with Crippen LogP contribution in [0.3, 0.4) is 0 Å². The second kappa shape index (κ2) is 20.0. The number of likely N-dealkylation sites (tertiary alicyclic amines) is 1. The molecule has 0 bridgehead atoms. The molecule has 0 radical (unpaired) electrons. The van der Waals surface area contributed by atoms with E-state index in [-0.39, 0.29) is 35.7 Å². The third kappa shape index (κ3) is 10.5. The maximum absolute atomic E-state index is 13.5. The minimum atomic E-state index is -0.318. The highest BCUT2D eigenvalue weighted by molar-refractivity contribution is 7.09. The molecule has 2 saturated heterocycles. The molecular weight excluding hydrogens is 778 g/mol. The number of benzene rings is 2. The zero-order chi connectivity index (χ0) is 40.5. The number of morpholine rings is 1. The largest absolute Gasteiger partial charge is 0.506 e. The van der Waals surface area contributed by atoms with Gasteiger partial charge in [-0.05, 0) is 80.5 Å². The maximum Gasteiger partial charge on any atom is 0.273 e. The molecule has 4 heterocycles. The van der Waals surface area contributed by atoms with Crippen LogP contribution in [-0.2, 0) is 44.9 Å². The van der Waals surface area contributed by atoms with Crippen molar-refractivity contribution >= 4 is 46.3 Å². The van der Waals surface area contributed by atoms with E-state index in [1.807, 2.05) is 16.3 Å². The topological polar surface area (TPSA) is 134 Å². The number of nitrogens with zero attached hydrogens (tertiary/aromatic N) is 4. The van der Waals surface area contributed by atoms with Crippen molar-refractivity contribution in [2.24, 2.45) is 0 Å². The van der Waals surface area contributed by atoms with Gasteiger partial charge in [-0.15, -0.1) is 11.3 Å². The van der Waals surface area contributed by atoms with Gasteiger partial charge in [-0.3, -0.25) is 19.3 Å². The van der Waals surface area contributed by atoms with Gasteiger partial charge in [0.25, 0.3) is 11.8 Å². The highest BCUT2D eigenvalue weighted by Gasteiger charge is 2.41. The number of fused-ring (bicyclic) bond motifs is 1. The fraction of sp³-hybridized carbons (Fsp3) is 0.591. The predicted octanol–water partition coefficient (Wildman–Crippen LogP) is 7.04. The van der Waals surface area contributed by atoms with Gasteiger partial charge in [-0.2, -0.15) is 0 Å². The summed E-state index contributed by atoms with van der Waals surface area (Å²) >= 11 is 8.52. The minimum absolute atomic E-state index is 0.00635. The van der Waals surface area contributed by atoms with Crippen molar-refractivity contribution in [2.45, 2.75) is 109 Å². The fourth-order valence-electron chi connectivity index (χ4n) is 8.86. The van der Waals surface area contributed by atoms with Crippen LogP contribution in [-0.4, -0.2) is 113 Å². The van der Waals surface area contributed by atoms with E-state index in [1.54, 1.807) is 17.4 Å². The summed E-state index contributed by atoms with van der Waals surface area (Å²) in [6.07, 6.45) is 11.6. The van der Waals surface area contributed by atoms with Crippen molar-refractivity contribution in [3.63, 3.8) is 0 Å². The van der Waals surface area contributed by atoms with Gasteiger partial charge >= 0.3 is 0 Å². The average molecular weight is 836 g/mol. The van der Waals surface area contributed by atoms with Crippen molar-refractivity contribution in [3.8, 4) is 11.5 Å². The van der Waals surface area contributed by atoms with Crippen molar-refractivity contribution in [2.75, 3.05) is 64.5 Å². The van der Waals surface area contributed by atoms with Crippen LogP contribution < -0.4 is 10.1 Å². The number of piperidine rings is 1. The van der Waals surface area contributed by atoms with Gasteiger partial charge in [0.2, 0.25) is 5.91 Å². The predicted molar refractivity (Wildman–Crippen MR) is 225 cm³/mol. The van der Waals surface area contributed by atoms with Crippen LogP contribution in [0, 0.1) is 0 Å². The molecule has 3 aliphatic heterocycles. The van der Waals surface area contributed by atoms with E-state index in [0.717, 1.165) is 124 Å². The first-order chi connectivity index (χ1) is 28.2. The number of unbranched alkanes of at least 4 members (excludes halogenated alkanes) is 2. The molecule has 12 nitrogen and oxygen atoms in total. The average Bonchev–Trinajstić information content (AvgIpc) is 3.95. The molecule has 1 aliphatic carbocycles. The number of carbonyl (C=O) groups is 3. The number of hydrogen-bond acceptors (Lipinski definition) is 10. The number of halogens is 1. The Bertz CT molecular complexity index is 1890. The summed E-state index contributed by atoms with van der Waals surface area (Å²) in [7, 11) is 0. The summed E-state index contributed by atoms with van der Waals surface area (Å²) in [5.74, 6) is 0.464. The second-order valence-corrected chi connectivity index (χ2v) is 17.5. The van der Waals surface area contributed by atoms with E-state index in [9.17, 15) is 19.5 Å². The summed E-state index contributed by atoms with van der Waals surface area (Å²) in [6.45, 7) is 7.85. The molecule has 1 spiro atoms. The fourth-order valence-corrected chi connectivity index (χ4v) is 9.86. The Morgan fingerprint density at radius 1 is 1.05 bits per heavy atom. The van der Waals surface area contributed by atoms with Gasteiger partial charge < -0.3 is 34.4 Å². The zero-order valence-corrected chi connectivity index (χ0v) is 35.3. The van der Waals surface area contributed by atoms with E-state index in [1.165, 1.54) is 0 Å². The van der Waals surface area contributed by atoms with E-state index < -0.39 is 0 Å². The Hall–Kier alpha value is -3.75. The normalized spacial score (nSPS) is 18.2. The molecule has 4 aliphatic rings. The molecule has 3 fully saturated rings. The van der Waals surface area contributed by atoms with Crippen LogP contribution in [0.2, 0.25) is 5.02 Å². The van der Waals surface area contributed by atoms with Gasteiger partial charge in [0.15, 0.2) is 12.4 Å². The lowest BCUT2D eigenvalue weighted by Gasteiger charge is -2.47. The summed E-state index contributed by atoms with van der Waals surface area (Å²) in [4.78, 5) is 49.4. The lowest BCUT2D eigenvalue weighted by atomic mass is 9.89. The molecule has 14 heteroatoms. The zero-order valence-electron chi connectivity index (χ0n) is 33.8. The second-order valence-electron chi connectivity index (χ2n) is 16.1. The van der Waals surface area contributed by atoms with Crippen LogP contribution in [0.1, 0.15) is 103 Å². The Morgan fingerprint density at radius 2 is 1.86 bits per heavy atom. The number of amides is 3. The number of rotatable bonds is 17. The quantitative estimate of drug-likeness (QED) is 0.109. The molecule has 3 amide bonds. The molecule has 0 unspecified atom stereocenters. The molecule has 2 N–H and O–H groups in total. The SMILES string of the molecule is CCc1nc(C(=O)N2CCOC3(CCN(Cc4cccc(CCOCCC(=O)N(CCCCCc5ccc(O)c6c5OCC(=O)N6)C5CCCC5)c4Cl)CC3)C2)cs1. The molecule has 1 saturated carbocycles. The Kier molecular flexibility index (Phi) is 14.6. The first-order valence-corrected chi connectivity index (χ1v) is 22.5. The van der Waals surface area contributed by atoms with Crippen LogP contribution in [0.15, 0.2) is 35.7 Å². The maximum atomic E-state index is 13.5. The first-order valence-electron chi connectivity index (χ1n) is 21.2. The third-order valence-corrected chi connectivity index (χ3v) is 13.6. The molecule has 314 valence electrons. The number of phenols is 1. The van der Waals surface area contributed by atoms with Crippen LogP contribution in [0.5, 0.6) is 11.5 Å². The molecule has 7 rings (SSSR count). The number of thiazole rings is 1. The number of aromatic nitrogens is 1. The van der Waals surface area contributed by atoms with Gasteiger partial charge in [-0.25, -0.2) is 4.98 Å². The Balaban J connectivity index is 0.819. The summed E-state index contributed by atoms with van der Waals surface area (Å²) in [5.41, 5.74) is 3.69. The molecule has 2 aromatic carbocycles. The Labute approximate surface area is 351 Å². The number of anilines is 1.